The number of carbonyl (C=O) groups is 2. The lowest BCUT2D eigenvalue weighted by atomic mass is 9.77. The van der Waals surface area contributed by atoms with Gasteiger partial charge in [0.1, 0.15) is 5.75 Å². The number of anilines is 1. The first-order valence-corrected chi connectivity index (χ1v) is 11.9. The summed E-state index contributed by atoms with van der Waals surface area (Å²) < 4.78 is 17.5. The number of unbranched alkanes of at least 4 members (excludes halogenated alkanes) is 1. The Kier molecular flexibility index (Phi) is 7.82. The zero-order valence-corrected chi connectivity index (χ0v) is 21.7. The first-order valence-electron chi connectivity index (χ1n) is 11.9. The number of hydrogen-bond donors (Lipinski definition) is 2. The third kappa shape index (κ3) is 5.46. The van der Waals surface area contributed by atoms with E-state index in [0.29, 0.717) is 40.1 Å². The highest BCUT2D eigenvalue weighted by molar-refractivity contribution is 6.63. The van der Waals surface area contributed by atoms with Gasteiger partial charge in [-0.15, -0.1) is 0 Å². The van der Waals surface area contributed by atoms with Crippen LogP contribution in [-0.2, 0) is 9.31 Å². The molecule has 9 heteroatoms. The van der Waals surface area contributed by atoms with E-state index in [1.54, 1.807) is 50.4 Å². The van der Waals surface area contributed by atoms with E-state index in [0.717, 1.165) is 12.8 Å². The molecule has 2 aromatic carbocycles. The molecule has 2 amide bonds. The van der Waals surface area contributed by atoms with E-state index in [1.165, 1.54) is 5.01 Å². The minimum atomic E-state index is -0.629. The van der Waals surface area contributed by atoms with Gasteiger partial charge in [0.25, 0.3) is 11.8 Å². The monoisotopic (exact) mass is 481 g/mol. The summed E-state index contributed by atoms with van der Waals surface area (Å²) in [6.07, 6.45) is 1.59. The quantitative estimate of drug-likeness (QED) is 0.357. The summed E-state index contributed by atoms with van der Waals surface area (Å²) in [5.41, 5.74) is 10.6. The molecule has 8 nitrogen and oxygen atoms in total. The van der Waals surface area contributed by atoms with Gasteiger partial charge in [-0.25, -0.2) is 5.01 Å². The standard InChI is InChI=1S/C26H36BN3O5/c1-8-9-15-30(29-23(31)19-11-10-12-22(33-7)17(19)2)24(32)18-13-14-20(21(28)16-18)27-34-25(3,4)26(5,6)35-27/h10-14,16H,8-9,15,28H2,1-7H3,(H,29,31). The molecule has 0 radical (unpaired) electrons. The number of hydrazine groups is 1. The van der Waals surface area contributed by atoms with Gasteiger partial charge in [0.2, 0.25) is 0 Å². The second-order valence-corrected chi connectivity index (χ2v) is 9.82. The van der Waals surface area contributed by atoms with E-state index in [4.69, 9.17) is 19.8 Å². The molecule has 0 saturated carbocycles. The molecule has 3 rings (SSSR count). The fourth-order valence-corrected chi connectivity index (χ4v) is 3.84. The first kappa shape index (κ1) is 26.6. The highest BCUT2D eigenvalue weighted by atomic mass is 16.7. The molecule has 0 bridgehead atoms. The van der Waals surface area contributed by atoms with Crippen molar-refractivity contribution in [2.75, 3.05) is 19.4 Å². The third-order valence-electron chi connectivity index (χ3n) is 6.81. The predicted molar refractivity (Wildman–Crippen MR) is 138 cm³/mol. The molecule has 1 aliphatic heterocycles. The molecule has 1 fully saturated rings. The lowest BCUT2D eigenvalue weighted by Crippen LogP contribution is -2.47. The van der Waals surface area contributed by atoms with Crippen molar-refractivity contribution in [3.8, 4) is 5.75 Å². The van der Waals surface area contributed by atoms with Crippen molar-refractivity contribution in [2.24, 2.45) is 0 Å². The Morgan fingerprint density at radius 3 is 2.34 bits per heavy atom. The summed E-state index contributed by atoms with van der Waals surface area (Å²) in [7, 11) is 0.926. The topological polar surface area (TPSA) is 103 Å². The van der Waals surface area contributed by atoms with E-state index >= 15 is 0 Å². The van der Waals surface area contributed by atoms with Gasteiger partial charge in [0, 0.05) is 34.4 Å². The van der Waals surface area contributed by atoms with Crippen molar-refractivity contribution < 1.29 is 23.6 Å². The van der Waals surface area contributed by atoms with Gasteiger partial charge in [0.05, 0.1) is 18.3 Å². The number of ether oxygens (including phenoxy) is 1. The zero-order chi connectivity index (χ0) is 26.0. The number of rotatable bonds is 7. The lowest BCUT2D eigenvalue weighted by molar-refractivity contribution is 0.00578. The summed E-state index contributed by atoms with van der Waals surface area (Å²) in [6, 6.07) is 10.3. The number of carbonyl (C=O) groups excluding carboxylic acids is 2. The van der Waals surface area contributed by atoms with Crippen LogP contribution in [0.1, 0.15) is 73.7 Å². The Balaban J connectivity index is 1.83. The second-order valence-electron chi connectivity index (χ2n) is 9.82. The second kappa shape index (κ2) is 10.3. The number of hydrogen-bond acceptors (Lipinski definition) is 6. The molecular formula is C26H36BN3O5. The van der Waals surface area contributed by atoms with Crippen LogP contribution in [-0.4, -0.2) is 48.8 Å². The minimum absolute atomic E-state index is 0.348. The van der Waals surface area contributed by atoms with Gasteiger partial charge >= 0.3 is 7.12 Å². The van der Waals surface area contributed by atoms with Crippen molar-refractivity contribution in [2.45, 2.75) is 65.6 Å². The molecule has 0 aromatic heterocycles. The first-order chi connectivity index (χ1) is 16.4. The molecular weight excluding hydrogens is 445 g/mol. The maximum absolute atomic E-state index is 13.4. The molecule has 35 heavy (non-hydrogen) atoms. The molecule has 0 spiro atoms. The zero-order valence-electron chi connectivity index (χ0n) is 21.7. The number of benzene rings is 2. The summed E-state index contributed by atoms with van der Waals surface area (Å²) >= 11 is 0. The Labute approximate surface area is 208 Å². The number of nitrogens with one attached hydrogen (secondary N) is 1. The van der Waals surface area contributed by atoms with Crippen molar-refractivity contribution in [3.63, 3.8) is 0 Å². The van der Waals surface area contributed by atoms with Crippen LogP contribution in [0.15, 0.2) is 36.4 Å². The molecule has 1 aliphatic rings. The van der Waals surface area contributed by atoms with Crippen LogP contribution < -0.4 is 21.4 Å². The smallest absolute Gasteiger partial charge is 0.496 e. The Hall–Kier alpha value is -3.04. The Morgan fingerprint density at radius 2 is 1.77 bits per heavy atom. The Bertz CT molecular complexity index is 1090. The van der Waals surface area contributed by atoms with Crippen LogP contribution in [0.3, 0.4) is 0 Å². The van der Waals surface area contributed by atoms with E-state index < -0.39 is 18.3 Å². The molecule has 188 valence electrons. The van der Waals surface area contributed by atoms with Gasteiger partial charge in [0.15, 0.2) is 0 Å². The molecule has 0 unspecified atom stereocenters. The van der Waals surface area contributed by atoms with Gasteiger partial charge in [-0.1, -0.05) is 25.5 Å². The van der Waals surface area contributed by atoms with Crippen molar-refractivity contribution in [3.05, 3.63) is 53.1 Å². The van der Waals surface area contributed by atoms with Gasteiger partial charge < -0.3 is 19.8 Å². The van der Waals surface area contributed by atoms with E-state index in [1.807, 2.05) is 34.6 Å². The van der Waals surface area contributed by atoms with Crippen LogP contribution in [0.4, 0.5) is 5.69 Å². The Morgan fingerprint density at radius 1 is 1.11 bits per heavy atom. The molecule has 1 saturated heterocycles. The van der Waals surface area contributed by atoms with Crippen LogP contribution in [0.25, 0.3) is 0 Å². The van der Waals surface area contributed by atoms with Crippen molar-refractivity contribution in [1.29, 1.82) is 0 Å². The highest BCUT2D eigenvalue weighted by Crippen LogP contribution is 2.37. The summed E-state index contributed by atoms with van der Waals surface area (Å²) in [5.74, 6) is -0.123. The van der Waals surface area contributed by atoms with Crippen LogP contribution >= 0.6 is 0 Å². The minimum Gasteiger partial charge on any atom is -0.496 e. The van der Waals surface area contributed by atoms with Crippen LogP contribution in [0.2, 0.25) is 0 Å². The fraction of sp³-hybridized carbons (Fsp3) is 0.462. The maximum atomic E-state index is 13.4. The van der Waals surface area contributed by atoms with Gasteiger partial charge in [-0.3, -0.25) is 15.0 Å². The largest absolute Gasteiger partial charge is 0.496 e. The molecule has 1 heterocycles. The predicted octanol–water partition coefficient (Wildman–Crippen LogP) is 3.47. The third-order valence-corrected chi connectivity index (χ3v) is 6.81. The number of amides is 2. The van der Waals surface area contributed by atoms with Gasteiger partial charge in [-0.2, -0.15) is 0 Å². The highest BCUT2D eigenvalue weighted by Gasteiger charge is 2.52. The maximum Gasteiger partial charge on any atom is 0.496 e. The average molecular weight is 481 g/mol. The SMILES string of the molecule is CCCCN(NC(=O)c1cccc(OC)c1C)C(=O)c1ccc(B2OC(C)(C)C(C)(C)O2)c(N)c1. The summed E-state index contributed by atoms with van der Waals surface area (Å²) in [5, 5.41) is 1.34. The van der Waals surface area contributed by atoms with Gasteiger partial charge in [-0.05, 0) is 65.3 Å². The number of nitrogens with zero attached hydrogens (tertiary/aromatic N) is 1. The average Bonchev–Trinajstić information content (AvgIpc) is 3.02. The summed E-state index contributed by atoms with van der Waals surface area (Å²) in [6.45, 7) is 12.1. The van der Waals surface area contributed by atoms with E-state index in [2.05, 4.69) is 5.43 Å². The number of nitrogen functional groups attached to an aromatic ring is 1. The van der Waals surface area contributed by atoms with Crippen LogP contribution in [0, 0.1) is 6.92 Å². The normalized spacial score (nSPS) is 16.1. The lowest BCUT2D eigenvalue weighted by Gasteiger charge is -2.32. The van der Waals surface area contributed by atoms with Crippen molar-refractivity contribution >= 4 is 30.1 Å². The molecule has 3 N–H and O–H groups in total. The van der Waals surface area contributed by atoms with Crippen LogP contribution in [0.5, 0.6) is 5.75 Å². The number of nitrogens with two attached hydrogens (primary N) is 1. The molecule has 0 atom stereocenters. The van der Waals surface area contributed by atoms with Crippen molar-refractivity contribution in [1.82, 2.24) is 10.4 Å². The van der Waals surface area contributed by atoms with E-state index in [-0.39, 0.29) is 11.8 Å². The molecule has 0 aliphatic carbocycles. The van der Waals surface area contributed by atoms with E-state index in [9.17, 15) is 9.59 Å². The molecule has 2 aromatic rings. The summed E-state index contributed by atoms with van der Waals surface area (Å²) in [4.78, 5) is 26.4. The number of methoxy groups -OCH3 is 1. The fourth-order valence-electron chi connectivity index (χ4n) is 3.84.